The second kappa shape index (κ2) is 9.97. The lowest BCUT2D eigenvalue weighted by atomic mass is 9.84. The standard InChI is InChI=1S/C27H32N4O3/c1-3-20-7-9-21(10-8-20)23-16-24(18-31(17-23)27(32)30-11-13-33-14-12-30)26-28-25(29-34-26)22-6-4-5-19(2)15-22/h4-10,15,23-24H,3,11-14,16-18H2,1-2H3. The number of hydrogen-bond donors (Lipinski definition) is 0. The monoisotopic (exact) mass is 460 g/mol. The molecular formula is C27H32N4O3. The molecule has 2 aromatic carbocycles. The summed E-state index contributed by atoms with van der Waals surface area (Å²) in [4.78, 5) is 22.0. The van der Waals surface area contributed by atoms with Gasteiger partial charge < -0.3 is 19.1 Å². The number of ether oxygens (including phenoxy) is 1. The summed E-state index contributed by atoms with van der Waals surface area (Å²) in [5.41, 5.74) is 4.66. The topological polar surface area (TPSA) is 71.7 Å². The summed E-state index contributed by atoms with van der Waals surface area (Å²) in [6.07, 6.45) is 1.88. The first-order valence-corrected chi connectivity index (χ1v) is 12.2. The van der Waals surface area contributed by atoms with E-state index in [-0.39, 0.29) is 17.9 Å². The van der Waals surface area contributed by atoms with E-state index in [0.717, 1.165) is 24.0 Å². The Bertz CT molecular complexity index is 1120. The van der Waals surface area contributed by atoms with Gasteiger partial charge in [-0.25, -0.2) is 4.79 Å². The number of benzene rings is 2. The number of amides is 2. The molecule has 2 saturated heterocycles. The third-order valence-corrected chi connectivity index (χ3v) is 6.93. The van der Waals surface area contributed by atoms with E-state index in [1.807, 2.05) is 21.9 Å². The molecule has 0 spiro atoms. The number of urea groups is 1. The first-order chi connectivity index (χ1) is 16.6. The zero-order chi connectivity index (χ0) is 23.5. The fourth-order valence-corrected chi connectivity index (χ4v) is 4.96. The molecule has 7 nitrogen and oxygen atoms in total. The van der Waals surface area contributed by atoms with Crippen molar-refractivity contribution in [3.8, 4) is 11.4 Å². The van der Waals surface area contributed by atoms with Crippen molar-refractivity contribution in [1.82, 2.24) is 19.9 Å². The lowest BCUT2D eigenvalue weighted by Crippen LogP contribution is -2.52. The van der Waals surface area contributed by atoms with Crippen molar-refractivity contribution in [3.05, 3.63) is 71.1 Å². The van der Waals surface area contributed by atoms with Gasteiger partial charge in [-0.1, -0.05) is 60.1 Å². The fraction of sp³-hybridized carbons (Fsp3) is 0.444. The summed E-state index contributed by atoms with van der Waals surface area (Å²) >= 11 is 0. The number of rotatable bonds is 4. The number of morpholine rings is 1. The summed E-state index contributed by atoms with van der Waals surface area (Å²) < 4.78 is 11.2. The minimum absolute atomic E-state index is 0.0133. The average molecular weight is 461 g/mol. The van der Waals surface area contributed by atoms with Gasteiger partial charge in [0.05, 0.1) is 19.1 Å². The lowest BCUT2D eigenvalue weighted by Gasteiger charge is -2.40. The lowest BCUT2D eigenvalue weighted by molar-refractivity contribution is 0.0392. The molecule has 0 N–H and O–H groups in total. The van der Waals surface area contributed by atoms with Crippen LogP contribution in [-0.4, -0.2) is 65.4 Å². The van der Waals surface area contributed by atoms with Gasteiger partial charge in [-0.05, 0) is 37.0 Å². The van der Waals surface area contributed by atoms with E-state index in [0.29, 0.717) is 51.1 Å². The van der Waals surface area contributed by atoms with E-state index in [1.54, 1.807) is 0 Å². The maximum absolute atomic E-state index is 13.4. The molecule has 3 heterocycles. The maximum atomic E-state index is 13.4. The van der Waals surface area contributed by atoms with Gasteiger partial charge >= 0.3 is 6.03 Å². The van der Waals surface area contributed by atoms with Crippen LogP contribution in [0.15, 0.2) is 53.1 Å². The molecule has 2 atom stereocenters. The summed E-state index contributed by atoms with van der Waals surface area (Å²) in [6, 6.07) is 17.0. The molecule has 2 aliphatic rings. The van der Waals surface area contributed by atoms with Crippen molar-refractivity contribution in [1.29, 1.82) is 0 Å². The molecule has 0 radical (unpaired) electrons. The van der Waals surface area contributed by atoms with Crippen LogP contribution in [0.25, 0.3) is 11.4 Å². The number of aryl methyl sites for hydroxylation is 2. The van der Waals surface area contributed by atoms with Crippen molar-refractivity contribution < 1.29 is 14.1 Å². The number of carbonyl (C=O) groups is 1. The number of hydrogen-bond acceptors (Lipinski definition) is 5. The van der Waals surface area contributed by atoms with E-state index in [4.69, 9.17) is 14.2 Å². The normalized spacial score (nSPS) is 21.0. The molecule has 0 saturated carbocycles. The Morgan fingerprint density at radius 2 is 1.79 bits per heavy atom. The number of likely N-dealkylation sites (tertiary alicyclic amines) is 1. The third kappa shape index (κ3) is 4.85. The first-order valence-electron chi connectivity index (χ1n) is 12.2. The first kappa shape index (κ1) is 22.6. The molecule has 1 aromatic heterocycles. The van der Waals surface area contributed by atoms with Gasteiger partial charge in [-0.3, -0.25) is 0 Å². The zero-order valence-electron chi connectivity index (χ0n) is 19.9. The van der Waals surface area contributed by atoms with E-state index < -0.39 is 0 Å². The molecule has 2 aliphatic heterocycles. The molecule has 0 aliphatic carbocycles. The van der Waals surface area contributed by atoms with Crippen LogP contribution in [0.1, 0.15) is 47.8 Å². The van der Waals surface area contributed by atoms with Gasteiger partial charge in [0.2, 0.25) is 11.7 Å². The predicted octanol–water partition coefficient (Wildman–Crippen LogP) is 4.63. The van der Waals surface area contributed by atoms with Crippen molar-refractivity contribution in [2.45, 2.75) is 38.5 Å². The number of carbonyl (C=O) groups excluding carboxylic acids is 1. The molecule has 2 unspecified atom stereocenters. The Balaban J connectivity index is 1.41. The molecular weight excluding hydrogens is 428 g/mol. The summed E-state index contributed by atoms with van der Waals surface area (Å²) in [5, 5.41) is 4.27. The van der Waals surface area contributed by atoms with Crippen LogP contribution in [0.5, 0.6) is 0 Å². The smallest absolute Gasteiger partial charge is 0.320 e. The van der Waals surface area contributed by atoms with Crippen LogP contribution < -0.4 is 0 Å². The van der Waals surface area contributed by atoms with E-state index >= 15 is 0 Å². The van der Waals surface area contributed by atoms with Crippen LogP contribution in [0.3, 0.4) is 0 Å². The molecule has 7 heteroatoms. The molecule has 178 valence electrons. The quantitative estimate of drug-likeness (QED) is 0.568. The van der Waals surface area contributed by atoms with Crippen molar-refractivity contribution >= 4 is 6.03 Å². The van der Waals surface area contributed by atoms with E-state index in [2.05, 4.69) is 55.4 Å². The van der Waals surface area contributed by atoms with Gasteiger partial charge in [0.15, 0.2) is 0 Å². The van der Waals surface area contributed by atoms with Gasteiger partial charge in [-0.15, -0.1) is 0 Å². The summed E-state index contributed by atoms with van der Waals surface area (Å²) in [6.45, 7) is 7.93. The Hall–Kier alpha value is -3.19. The Morgan fingerprint density at radius 3 is 2.53 bits per heavy atom. The number of aromatic nitrogens is 2. The Kier molecular flexibility index (Phi) is 6.63. The van der Waals surface area contributed by atoms with Gasteiger partial charge in [0, 0.05) is 37.7 Å². The molecule has 3 aromatic rings. The highest BCUT2D eigenvalue weighted by Crippen LogP contribution is 2.36. The average Bonchev–Trinajstić information content (AvgIpc) is 3.39. The van der Waals surface area contributed by atoms with Crippen LogP contribution >= 0.6 is 0 Å². The summed E-state index contributed by atoms with van der Waals surface area (Å²) in [7, 11) is 0. The molecule has 2 amide bonds. The van der Waals surface area contributed by atoms with Crippen LogP contribution in [0.4, 0.5) is 4.79 Å². The fourth-order valence-electron chi connectivity index (χ4n) is 4.96. The van der Waals surface area contributed by atoms with Crippen LogP contribution in [-0.2, 0) is 11.2 Å². The van der Waals surface area contributed by atoms with Crippen molar-refractivity contribution in [3.63, 3.8) is 0 Å². The van der Waals surface area contributed by atoms with Gasteiger partial charge in [0.1, 0.15) is 0 Å². The van der Waals surface area contributed by atoms with Crippen LogP contribution in [0, 0.1) is 6.92 Å². The van der Waals surface area contributed by atoms with E-state index in [1.165, 1.54) is 11.1 Å². The Morgan fingerprint density at radius 1 is 1.03 bits per heavy atom. The number of piperidine rings is 1. The second-order valence-electron chi connectivity index (χ2n) is 9.34. The summed E-state index contributed by atoms with van der Waals surface area (Å²) in [5.74, 6) is 1.40. The molecule has 0 bridgehead atoms. The van der Waals surface area contributed by atoms with Gasteiger partial charge in [0.25, 0.3) is 0 Å². The minimum Gasteiger partial charge on any atom is -0.378 e. The van der Waals surface area contributed by atoms with Crippen LogP contribution in [0.2, 0.25) is 0 Å². The highest BCUT2D eigenvalue weighted by atomic mass is 16.5. The highest BCUT2D eigenvalue weighted by molar-refractivity contribution is 5.75. The van der Waals surface area contributed by atoms with E-state index in [9.17, 15) is 4.79 Å². The largest absolute Gasteiger partial charge is 0.378 e. The minimum atomic E-state index is -0.0133. The molecule has 5 rings (SSSR count). The SMILES string of the molecule is CCc1ccc(C2CC(c3nc(-c4cccc(C)c4)no3)CN(C(=O)N3CCOCC3)C2)cc1. The molecule has 2 fully saturated rings. The second-order valence-corrected chi connectivity index (χ2v) is 9.34. The number of nitrogens with zero attached hydrogens (tertiary/aromatic N) is 4. The van der Waals surface area contributed by atoms with Gasteiger partial charge in [-0.2, -0.15) is 4.98 Å². The zero-order valence-corrected chi connectivity index (χ0v) is 19.9. The maximum Gasteiger partial charge on any atom is 0.320 e. The Labute approximate surface area is 200 Å². The van der Waals surface area contributed by atoms with Crippen molar-refractivity contribution in [2.24, 2.45) is 0 Å². The van der Waals surface area contributed by atoms with Crippen molar-refractivity contribution in [2.75, 3.05) is 39.4 Å². The highest BCUT2D eigenvalue weighted by Gasteiger charge is 2.36. The predicted molar refractivity (Wildman–Crippen MR) is 130 cm³/mol. The molecule has 34 heavy (non-hydrogen) atoms. The third-order valence-electron chi connectivity index (χ3n) is 6.93.